The van der Waals surface area contributed by atoms with E-state index in [0.717, 1.165) is 28.4 Å². The van der Waals surface area contributed by atoms with Gasteiger partial charge in [-0.25, -0.2) is 4.98 Å². The van der Waals surface area contributed by atoms with Gasteiger partial charge >= 0.3 is 0 Å². The minimum absolute atomic E-state index is 0.0765. The molecule has 2 rings (SSSR count). The van der Waals surface area contributed by atoms with E-state index in [2.05, 4.69) is 28.7 Å². The predicted octanol–water partition coefficient (Wildman–Crippen LogP) is 4.07. The van der Waals surface area contributed by atoms with Crippen molar-refractivity contribution in [2.45, 2.75) is 41.2 Å². The van der Waals surface area contributed by atoms with Crippen LogP contribution in [0.1, 0.15) is 35.7 Å². The van der Waals surface area contributed by atoms with Crippen LogP contribution in [0.5, 0.6) is 0 Å². The molecule has 0 unspecified atom stereocenters. The molecule has 0 bridgehead atoms. The molecule has 2 heterocycles. The molecule has 0 aliphatic rings. The summed E-state index contributed by atoms with van der Waals surface area (Å²) in [5.74, 6) is 0.0963. The van der Waals surface area contributed by atoms with Crippen LogP contribution >= 0.6 is 11.3 Å². The van der Waals surface area contributed by atoms with Crippen molar-refractivity contribution in [3.05, 3.63) is 39.7 Å². The van der Waals surface area contributed by atoms with Crippen LogP contribution in [-0.4, -0.2) is 15.5 Å². The molecule has 0 spiro atoms. The van der Waals surface area contributed by atoms with Crippen molar-refractivity contribution >= 4 is 28.5 Å². The highest BCUT2D eigenvalue weighted by Crippen LogP contribution is 2.21. The predicted molar refractivity (Wildman–Crippen MR) is 97.8 cm³/mol. The number of hydrogen-bond donors (Lipinski definition) is 1. The van der Waals surface area contributed by atoms with E-state index in [-0.39, 0.29) is 5.57 Å². The number of hydrogen-bond acceptors (Lipinski definition) is 4. The van der Waals surface area contributed by atoms with Gasteiger partial charge in [-0.2, -0.15) is 5.26 Å². The maximum atomic E-state index is 12.3. The highest BCUT2D eigenvalue weighted by Gasteiger charge is 2.14. The van der Waals surface area contributed by atoms with Crippen molar-refractivity contribution in [3.63, 3.8) is 0 Å². The fourth-order valence-corrected chi connectivity index (χ4v) is 3.16. The van der Waals surface area contributed by atoms with Gasteiger partial charge in [-0.1, -0.05) is 13.8 Å². The van der Waals surface area contributed by atoms with Gasteiger partial charge in [0, 0.05) is 29.0 Å². The standard InChI is InChI=1S/C18H22N4OS/c1-11(2)10-22-12(3)6-15(14(22)5)7-16(8-19)17(23)21-18-20-9-13(4)24-18/h6-7,9,11H,10H2,1-5H3,(H,20,21,23)/b16-7+. The molecule has 5 nitrogen and oxygen atoms in total. The summed E-state index contributed by atoms with van der Waals surface area (Å²) in [6.07, 6.45) is 3.34. The molecule has 126 valence electrons. The summed E-state index contributed by atoms with van der Waals surface area (Å²) in [4.78, 5) is 17.4. The molecule has 0 saturated heterocycles. The van der Waals surface area contributed by atoms with Crippen molar-refractivity contribution in [2.75, 3.05) is 5.32 Å². The second-order valence-corrected chi connectivity index (χ2v) is 7.47. The number of carbonyl (C=O) groups is 1. The maximum absolute atomic E-state index is 12.3. The third-order valence-electron chi connectivity index (χ3n) is 3.67. The summed E-state index contributed by atoms with van der Waals surface area (Å²) in [5.41, 5.74) is 3.16. The lowest BCUT2D eigenvalue weighted by Crippen LogP contribution is -2.13. The second-order valence-electron chi connectivity index (χ2n) is 6.23. The first-order chi connectivity index (χ1) is 11.3. The van der Waals surface area contributed by atoms with Crippen molar-refractivity contribution < 1.29 is 4.79 Å². The Morgan fingerprint density at radius 3 is 2.71 bits per heavy atom. The lowest BCUT2D eigenvalue weighted by molar-refractivity contribution is -0.112. The molecule has 0 saturated carbocycles. The zero-order valence-electron chi connectivity index (χ0n) is 14.7. The van der Waals surface area contributed by atoms with E-state index in [9.17, 15) is 10.1 Å². The van der Waals surface area contributed by atoms with Gasteiger partial charge in [-0.15, -0.1) is 11.3 Å². The third-order valence-corrected chi connectivity index (χ3v) is 4.50. The summed E-state index contributed by atoms with van der Waals surface area (Å²) in [5, 5.41) is 12.5. The molecule has 2 aromatic heterocycles. The van der Waals surface area contributed by atoms with Crippen molar-refractivity contribution in [1.82, 2.24) is 9.55 Å². The Balaban J connectivity index is 2.27. The van der Waals surface area contributed by atoms with Gasteiger partial charge in [0.15, 0.2) is 5.13 Å². The van der Waals surface area contributed by atoms with E-state index in [1.807, 2.05) is 32.9 Å². The molecule has 0 aliphatic heterocycles. The molecule has 1 N–H and O–H groups in total. The summed E-state index contributed by atoms with van der Waals surface area (Å²) in [6, 6.07) is 4.00. The minimum Gasteiger partial charge on any atom is -0.348 e. The zero-order chi connectivity index (χ0) is 17.9. The van der Waals surface area contributed by atoms with Crippen LogP contribution < -0.4 is 5.32 Å². The Morgan fingerprint density at radius 2 is 2.17 bits per heavy atom. The molecular weight excluding hydrogens is 320 g/mol. The summed E-state index contributed by atoms with van der Waals surface area (Å²) in [7, 11) is 0. The minimum atomic E-state index is -0.430. The smallest absolute Gasteiger partial charge is 0.268 e. The highest BCUT2D eigenvalue weighted by atomic mass is 32.1. The summed E-state index contributed by atoms with van der Waals surface area (Å²) >= 11 is 1.38. The number of nitrogens with one attached hydrogen (secondary N) is 1. The van der Waals surface area contributed by atoms with E-state index in [1.54, 1.807) is 12.3 Å². The van der Waals surface area contributed by atoms with Crippen LogP contribution in [0.25, 0.3) is 6.08 Å². The van der Waals surface area contributed by atoms with Crippen molar-refractivity contribution in [2.24, 2.45) is 5.92 Å². The fraction of sp³-hybridized carbons (Fsp3) is 0.389. The molecule has 0 atom stereocenters. The van der Waals surface area contributed by atoms with E-state index in [0.29, 0.717) is 11.0 Å². The van der Waals surface area contributed by atoms with Crippen LogP contribution in [0.3, 0.4) is 0 Å². The third kappa shape index (κ3) is 4.12. The lowest BCUT2D eigenvalue weighted by Gasteiger charge is -2.12. The Hall–Kier alpha value is -2.39. The number of amides is 1. The highest BCUT2D eigenvalue weighted by molar-refractivity contribution is 7.15. The molecule has 0 aliphatic carbocycles. The zero-order valence-corrected chi connectivity index (χ0v) is 15.5. The van der Waals surface area contributed by atoms with Crippen molar-refractivity contribution in [3.8, 4) is 6.07 Å². The first kappa shape index (κ1) is 18.0. The van der Waals surface area contributed by atoms with Gasteiger partial charge in [0.05, 0.1) is 0 Å². The van der Waals surface area contributed by atoms with E-state index in [4.69, 9.17) is 0 Å². The number of carbonyl (C=O) groups excluding carboxylic acids is 1. The van der Waals surface area contributed by atoms with Crippen molar-refractivity contribution in [1.29, 1.82) is 5.26 Å². The molecule has 24 heavy (non-hydrogen) atoms. The Morgan fingerprint density at radius 1 is 1.46 bits per heavy atom. The molecule has 6 heteroatoms. The van der Waals surface area contributed by atoms with Crippen LogP contribution in [0.4, 0.5) is 5.13 Å². The summed E-state index contributed by atoms with van der Waals surface area (Å²) < 4.78 is 2.22. The summed E-state index contributed by atoms with van der Waals surface area (Å²) in [6.45, 7) is 11.2. The molecule has 0 radical (unpaired) electrons. The normalized spacial score (nSPS) is 11.6. The second kappa shape index (κ2) is 7.45. The average molecular weight is 342 g/mol. The molecule has 2 aromatic rings. The van der Waals surface area contributed by atoms with Gasteiger partial charge in [0.2, 0.25) is 0 Å². The number of aromatic nitrogens is 2. The van der Waals surface area contributed by atoms with Crippen LogP contribution in [-0.2, 0) is 11.3 Å². The lowest BCUT2D eigenvalue weighted by atomic mass is 10.1. The first-order valence-corrected chi connectivity index (χ1v) is 8.65. The Bertz CT molecular complexity index is 821. The Labute approximate surface area is 146 Å². The SMILES string of the molecule is Cc1cnc(NC(=O)/C(C#N)=C/c2cc(C)n(CC(C)C)c2C)s1. The number of nitrogens with zero attached hydrogens (tertiary/aromatic N) is 3. The monoisotopic (exact) mass is 342 g/mol. The average Bonchev–Trinajstić information content (AvgIpc) is 3.02. The number of thiazole rings is 1. The first-order valence-electron chi connectivity index (χ1n) is 7.84. The fourth-order valence-electron chi connectivity index (χ4n) is 2.50. The number of rotatable bonds is 5. The van der Waals surface area contributed by atoms with Gasteiger partial charge in [0.25, 0.3) is 5.91 Å². The molecule has 0 aromatic carbocycles. The number of nitriles is 1. The van der Waals surface area contributed by atoms with Gasteiger partial charge < -0.3 is 4.57 Å². The maximum Gasteiger partial charge on any atom is 0.268 e. The van der Waals surface area contributed by atoms with E-state index < -0.39 is 5.91 Å². The topological polar surface area (TPSA) is 70.7 Å². The van der Waals surface area contributed by atoms with Crippen LogP contribution in [0, 0.1) is 38.0 Å². The van der Waals surface area contributed by atoms with E-state index in [1.165, 1.54) is 11.3 Å². The Kier molecular flexibility index (Phi) is 5.58. The van der Waals surface area contributed by atoms with Gasteiger partial charge in [0.1, 0.15) is 11.6 Å². The number of anilines is 1. The van der Waals surface area contributed by atoms with Gasteiger partial charge in [-0.05, 0) is 44.4 Å². The molecular formula is C18H22N4OS. The van der Waals surface area contributed by atoms with Crippen LogP contribution in [0.15, 0.2) is 17.8 Å². The van der Waals surface area contributed by atoms with Crippen LogP contribution in [0.2, 0.25) is 0 Å². The quantitative estimate of drug-likeness (QED) is 0.657. The largest absolute Gasteiger partial charge is 0.348 e. The number of aryl methyl sites for hydroxylation is 2. The van der Waals surface area contributed by atoms with Gasteiger partial charge in [-0.3, -0.25) is 10.1 Å². The molecule has 0 fully saturated rings. The molecule has 1 amide bonds. The van der Waals surface area contributed by atoms with E-state index >= 15 is 0 Å².